The molecule has 5 heteroatoms. The second-order valence-electron chi connectivity index (χ2n) is 2.80. The molecule has 0 aliphatic carbocycles. The Bertz CT molecular complexity index is 277. The van der Waals surface area contributed by atoms with E-state index in [9.17, 15) is 9.59 Å². The number of hydrogen-bond acceptors (Lipinski definition) is 4. The molecule has 0 unspecified atom stereocenters. The van der Waals surface area contributed by atoms with Crippen LogP contribution in [0.2, 0.25) is 0 Å². The molecule has 1 N–H and O–H groups in total. The average Bonchev–Trinajstić information content (AvgIpc) is 2.14. The van der Waals surface area contributed by atoms with E-state index in [0.717, 1.165) is 6.08 Å². The molecule has 0 atom stereocenters. The predicted octanol–water partition coefficient (Wildman–Crippen LogP) is -0.0351. The van der Waals surface area contributed by atoms with E-state index < -0.39 is 11.8 Å². The van der Waals surface area contributed by atoms with Crippen LogP contribution in [0.5, 0.6) is 0 Å². The van der Waals surface area contributed by atoms with Crippen molar-refractivity contribution in [3.05, 3.63) is 23.8 Å². The molecule has 0 amide bonds. The number of hydrogen-bond donors (Lipinski definition) is 1. The van der Waals surface area contributed by atoms with E-state index in [1.165, 1.54) is 0 Å². The van der Waals surface area contributed by atoms with Gasteiger partial charge in [-0.2, -0.15) is 0 Å². The normalized spacial score (nSPS) is 8.47. The van der Waals surface area contributed by atoms with Crippen molar-refractivity contribution >= 4 is 41.3 Å². The van der Waals surface area contributed by atoms with Crippen molar-refractivity contribution in [3.8, 4) is 0 Å². The Morgan fingerprint density at radius 3 is 2.27 bits per heavy atom. The third kappa shape index (κ3) is 5.89. The zero-order valence-electron chi connectivity index (χ0n) is 8.37. The average molecular weight is 222 g/mol. The van der Waals surface area contributed by atoms with E-state index in [2.05, 4.69) is 11.3 Å². The van der Waals surface area contributed by atoms with Crippen LogP contribution in [0.1, 0.15) is 13.8 Å². The van der Waals surface area contributed by atoms with Crippen LogP contribution < -0.4 is 0 Å². The van der Waals surface area contributed by atoms with Crippen molar-refractivity contribution in [2.75, 3.05) is 13.2 Å². The minimum atomic E-state index is -0.719. The summed E-state index contributed by atoms with van der Waals surface area (Å²) >= 11 is 0. The molecule has 80 valence electrons. The molecule has 15 heavy (non-hydrogen) atoms. The fourth-order valence-electron chi connectivity index (χ4n) is 0.864. The maximum absolute atomic E-state index is 11.3. The van der Waals surface area contributed by atoms with Crippen LogP contribution in [-0.2, 0) is 14.3 Å². The van der Waals surface area contributed by atoms with Crippen LogP contribution in [0.25, 0.3) is 0 Å². The molecule has 0 fully saturated rings. The van der Waals surface area contributed by atoms with Gasteiger partial charge < -0.3 is 9.84 Å². The summed E-state index contributed by atoms with van der Waals surface area (Å²) in [5, 5.41) is 8.43. The molecule has 0 saturated heterocycles. The molecule has 0 heterocycles. The first-order chi connectivity index (χ1) is 6.54. The number of aliphatic hydroxyl groups is 1. The predicted molar refractivity (Wildman–Crippen MR) is 58.8 cm³/mol. The van der Waals surface area contributed by atoms with E-state index in [0.29, 0.717) is 5.57 Å². The number of ketones is 1. The number of carbonyl (C=O) groups excluding carboxylic acids is 2. The van der Waals surface area contributed by atoms with Gasteiger partial charge in [-0.15, -0.1) is 0 Å². The van der Waals surface area contributed by atoms with E-state index in [1.807, 2.05) is 0 Å². The van der Waals surface area contributed by atoms with Crippen molar-refractivity contribution in [1.29, 1.82) is 0 Å². The fourth-order valence-corrected chi connectivity index (χ4v) is 0.864. The summed E-state index contributed by atoms with van der Waals surface area (Å²) in [6.45, 7) is 6.19. The van der Waals surface area contributed by atoms with E-state index >= 15 is 0 Å². The third-order valence-electron chi connectivity index (χ3n) is 1.46. The van der Waals surface area contributed by atoms with Crippen LogP contribution in [0.3, 0.4) is 0 Å². The van der Waals surface area contributed by atoms with Gasteiger partial charge in [-0.3, -0.25) is 4.79 Å². The Morgan fingerprint density at radius 2 is 1.93 bits per heavy atom. The first-order valence-corrected chi connectivity index (χ1v) is 4.16. The van der Waals surface area contributed by atoms with E-state index in [-0.39, 0.29) is 48.3 Å². The summed E-state index contributed by atoms with van der Waals surface area (Å²) in [4.78, 5) is 22.5. The molecule has 0 bridgehead atoms. The molecule has 0 aromatic carbocycles. The van der Waals surface area contributed by atoms with Gasteiger partial charge in [0, 0.05) is 0 Å². The number of rotatable bonds is 5. The molecule has 0 rings (SSSR count). The molecule has 0 aromatic heterocycles. The number of allylic oxidation sites excluding steroid dienone is 2. The van der Waals surface area contributed by atoms with Crippen molar-refractivity contribution in [2.45, 2.75) is 13.8 Å². The molecule has 0 radical (unpaired) electrons. The summed E-state index contributed by atoms with van der Waals surface area (Å²) in [6, 6.07) is 0. The second kappa shape index (κ2) is 8.85. The van der Waals surface area contributed by atoms with Crippen LogP contribution in [0.15, 0.2) is 23.8 Å². The molecular formula is C10H15NaO4. The van der Waals surface area contributed by atoms with Crippen molar-refractivity contribution in [1.82, 2.24) is 0 Å². The zero-order valence-corrected chi connectivity index (χ0v) is 8.37. The van der Waals surface area contributed by atoms with Gasteiger partial charge in [-0.05, 0) is 19.9 Å². The fraction of sp³-hybridized carbons (Fsp3) is 0.400. The monoisotopic (exact) mass is 222 g/mol. The Hall–Kier alpha value is -0.420. The molecular weight excluding hydrogens is 207 g/mol. The van der Waals surface area contributed by atoms with E-state index in [1.54, 1.807) is 13.8 Å². The van der Waals surface area contributed by atoms with E-state index in [4.69, 9.17) is 5.11 Å². The van der Waals surface area contributed by atoms with Gasteiger partial charge >= 0.3 is 35.5 Å². The zero-order chi connectivity index (χ0) is 11.1. The molecule has 0 aliphatic heterocycles. The standard InChI is InChI=1S/C10H14O4.Na.H/c1-4-8(12)9(7(2)3)10(13)14-6-5-11;;/h4,11H,1,5-6H2,2-3H3;;. The van der Waals surface area contributed by atoms with Gasteiger partial charge in [-0.1, -0.05) is 12.2 Å². The topological polar surface area (TPSA) is 63.6 Å². The number of aliphatic hydroxyl groups excluding tert-OH is 1. The van der Waals surface area contributed by atoms with Crippen LogP contribution in [-0.4, -0.2) is 59.6 Å². The first kappa shape index (κ1) is 17.0. The number of esters is 1. The number of ether oxygens (including phenoxy) is 1. The first-order valence-electron chi connectivity index (χ1n) is 4.16. The van der Waals surface area contributed by atoms with Gasteiger partial charge in [0.2, 0.25) is 0 Å². The van der Waals surface area contributed by atoms with Crippen LogP contribution in [0, 0.1) is 0 Å². The molecule has 0 aliphatic rings. The summed E-state index contributed by atoms with van der Waals surface area (Å²) in [7, 11) is 0. The van der Waals surface area contributed by atoms with Gasteiger partial charge in [-0.25, -0.2) is 4.79 Å². The summed E-state index contributed by atoms with van der Waals surface area (Å²) < 4.78 is 4.62. The number of carbonyl (C=O) groups is 2. The van der Waals surface area contributed by atoms with Crippen molar-refractivity contribution < 1.29 is 19.4 Å². The SMILES string of the molecule is C=CC(=O)C(C(=O)OCCO)=C(C)C.[NaH]. The summed E-state index contributed by atoms with van der Waals surface area (Å²) in [6.07, 6.45) is 1.06. The van der Waals surface area contributed by atoms with Crippen molar-refractivity contribution in [2.24, 2.45) is 0 Å². The second-order valence-corrected chi connectivity index (χ2v) is 2.80. The Kier molecular flexibility index (Phi) is 10.0. The molecule has 0 aromatic rings. The molecule has 0 spiro atoms. The Labute approximate surface area is 111 Å². The quantitative estimate of drug-likeness (QED) is 0.233. The summed E-state index contributed by atoms with van der Waals surface area (Å²) in [5.74, 6) is -1.18. The van der Waals surface area contributed by atoms with Gasteiger partial charge in [0.1, 0.15) is 12.2 Å². The maximum atomic E-state index is 11.3. The van der Waals surface area contributed by atoms with Crippen LogP contribution in [0.4, 0.5) is 0 Å². The molecule has 0 saturated carbocycles. The Morgan fingerprint density at radius 1 is 1.40 bits per heavy atom. The van der Waals surface area contributed by atoms with Gasteiger partial charge in [0.25, 0.3) is 0 Å². The van der Waals surface area contributed by atoms with Gasteiger partial charge in [0.05, 0.1) is 6.61 Å². The molecule has 4 nitrogen and oxygen atoms in total. The van der Waals surface area contributed by atoms with Crippen molar-refractivity contribution in [3.63, 3.8) is 0 Å². The third-order valence-corrected chi connectivity index (χ3v) is 1.46. The summed E-state index contributed by atoms with van der Waals surface area (Å²) in [5.41, 5.74) is 0.547. The minimum absolute atomic E-state index is 0. The van der Waals surface area contributed by atoms with Crippen LogP contribution >= 0.6 is 0 Å². The van der Waals surface area contributed by atoms with Gasteiger partial charge in [0.15, 0.2) is 5.78 Å². The Balaban J connectivity index is 0.